The second kappa shape index (κ2) is 6.55. The third-order valence-corrected chi connectivity index (χ3v) is 4.22. The maximum Gasteiger partial charge on any atom is 0.252 e. The van der Waals surface area contributed by atoms with Gasteiger partial charge in [0, 0.05) is 39.1 Å². The first-order valence-corrected chi connectivity index (χ1v) is 8.22. The molecule has 3 rings (SSSR count). The number of nitrogens with zero attached hydrogens (tertiary/aromatic N) is 4. The van der Waals surface area contributed by atoms with Crippen molar-refractivity contribution in [3.8, 4) is 0 Å². The number of hydrogen-bond donors (Lipinski definition) is 1. The van der Waals surface area contributed by atoms with Crippen LogP contribution in [0.25, 0.3) is 11.0 Å². The van der Waals surface area contributed by atoms with Crippen molar-refractivity contribution < 1.29 is 4.79 Å². The topological polar surface area (TPSA) is 63.1 Å². The summed E-state index contributed by atoms with van der Waals surface area (Å²) in [5, 5.41) is 8.22. The lowest BCUT2D eigenvalue weighted by molar-refractivity contribution is 0.0952. The molecule has 0 saturated carbocycles. The maximum absolute atomic E-state index is 12.8. The minimum atomic E-state index is -0.109. The number of hydrogen-bond acceptors (Lipinski definition) is 4. The van der Waals surface area contributed by atoms with Crippen molar-refractivity contribution in [1.29, 1.82) is 0 Å². The van der Waals surface area contributed by atoms with E-state index in [-0.39, 0.29) is 5.91 Å². The minimum absolute atomic E-state index is 0.109. The Hall–Kier alpha value is -2.89. The molecule has 0 bridgehead atoms. The smallest absolute Gasteiger partial charge is 0.252 e. The number of fused-ring (bicyclic) bond motifs is 1. The molecule has 0 atom stereocenters. The Labute approximate surface area is 147 Å². The van der Waals surface area contributed by atoms with E-state index in [2.05, 4.69) is 21.5 Å². The number of aryl methyl sites for hydroxylation is 3. The average molecular weight is 337 g/mol. The van der Waals surface area contributed by atoms with Gasteiger partial charge in [-0.2, -0.15) is 5.10 Å². The van der Waals surface area contributed by atoms with E-state index in [9.17, 15) is 4.79 Å². The van der Waals surface area contributed by atoms with Gasteiger partial charge < -0.3 is 10.2 Å². The normalized spacial score (nSPS) is 10.9. The van der Waals surface area contributed by atoms with Crippen LogP contribution in [0, 0.1) is 13.8 Å². The molecule has 6 heteroatoms. The van der Waals surface area contributed by atoms with Crippen molar-refractivity contribution in [2.24, 2.45) is 7.05 Å². The van der Waals surface area contributed by atoms with Crippen LogP contribution >= 0.6 is 0 Å². The highest BCUT2D eigenvalue weighted by Crippen LogP contribution is 2.21. The molecule has 0 radical (unpaired) electrons. The van der Waals surface area contributed by atoms with Gasteiger partial charge in [0.05, 0.1) is 16.6 Å². The first-order valence-electron chi connectivity index (χ1n) is 8.22. The van der Waals surface area contributed by atoms with Crippen molar-refractivity contribution in [3.63, 3.8) is 0 Å². The Balaban J connectivity index is 1.87. The lowest BCUT2D eigenvalue weighted by atomic mass is 10.1. The molecular weight excluding hydrogens is 314 g/mol. The van der Waals surface area contributed by atoms with Gasteiger partial charge in [-0.25, -0.2) is 4.98 Å². The molecule has 6 nitrogen and oxygen atoms in total. The summed E-state index contributed by atoms with van der Waals surface area (Å²) in [4.78, 5) is 19.3. The molecule has 3 aromatic rings. The van der Waals surface area contributed by atoms with Gasteiger partial charge in [0.1, 0.15) is 0 Å². The lowest BCUT2D eigenvalue weighted by Gasteiger charge is -2.14. The second-order valence-corrected chi connectivity index (χ2v) is 6.47. The minimum Gasteiger partial charge on any atom is -0.378 e. The van der Waals surface area contributed by atoms with Gasteiger partial charge >= 0.3 is 0 Å². The summed E-state index contributed by atoms with van der Waals surface area (Å²) in [7, 11) is 5.84. The molecule has 0 unspecified atom stereocenters. The van der Waals surface area contributed by atoms with Crippen LogP contribution in [-0.2, 0) is 13.6 Å². The van der Waals surface area contributed by atoms with Crippen LogP contribution in [-0.4, -0.2) is 34.8 Å². The molecule has 1 N–H and O–H groups in total. The van der Waals surface area contributed by atoms with Crippen LogP contribution in [0.15, 0.2) is 30.3 Å². The summed E-state index contributed by atoms with van der Waals surface area (Å²) in [6, 6.07) is 9.94. The summed E-state index contributed by atoms with van der Waals surface area (Å²) in [5.41, 5.74) is 5.13. The van der Waals surface area contributed by atoms with Crippen LogP contribution in [0.3, 0.4) is 0 Å². The molecule has 0 aliphatic rings. The summed E-state index contributed by atoms with van der Waals surface area (Å²) < 4.78 is 1.72. The number of nitrogens with one attached hydrogen (secondary N) is 1. The number of aromatic nitrogens is 3. The summed E-state index contributed by atoms with van der Waals surface area (Å²) in [6.07, 6.45) is 0. The van der Waals surface area contributed by atoms with Gasteiger partial charge in [-0.3, -0.25) is 9.48 Å². The molecule has 1 amide bonds. The van der Waals surface area contributed by atoms with E-state index in [1.807, 2.05) is 64.2 Å². The van der Waals surface area contributed by atoms with Crippen LogP contribution in [0.4, 0.5) is 5.69 Å². The zero-order chi connectivity index (χ0) is 18.1. The van der Waals surface area contributed by atoms with E-state index >= 15 is 0 Å². The predicted octanol–water partition coefficient (Wildman–Crippen LogP) is 2.58. The van der Waals surface area contributed by atoms with Gasteiger partial charge in [-0.1, -0.05) is 12.1 Å². The van der Waals surface area contributed by atoms with E-state index in [1.165, 1.54) is 0 Å². The molecule has 25 heavy (non-hydrogen) atoms. The fraction of sp³-hybridized carbons (Fsp3) is 0.316. The van der Waals surface area contributed by atoms with Gasteiger partial charge in [0.25, 0.3) is 5.91 Å². The van der Waals surface area contributed by atoms with E-state index < -0.39 is 0 Å². The zero-order valence-corrected chi connectivity index (χ0v) is 15.3. The molecule has 130 valence electrons. The molecule has 0 aliphatic heterocycles. The highest BCUT2D eigenvalue weighted by molar-refractivity contribution is 6.06. The Morgan fingerprint density at radius 1 is 1.24 bits per heavy atom. The Bertz CT molecular complexity index is 942. The SMILES string of the molecule is Cc1cc(C(=O)NCc2cccc(N(C)C)c2)c2c(C)nn(C)c2n1. The number of rotatable bonds is 4. The highest BCUT2D eigenvalue weighted by atomic mass is 16.1. The van der Waals surface area contributed by atoms with Crippen LogP contribution < -0.4 is 10.2 Å². The number of benzene rings is 1. The first-order chi connectivity index (χ1) is 11.9. The number of pyridine rings is 1. The monoisotopic (exact) mass is 337 g/mol. The molecular formula is C19H23N5O. The third-order valence-electron chi connectivity index (χ3n) is 4.22. The maximum atomic E-state index is 12.8. The molecule has 0 saturated heterocycles. The van der Waals surface area contributed by atoms with E-state index in [1.54, 1.807) is 4.68 Å². The number of anilines is 1. The van der Waals surface area contributed by atoms with E-state index in [0.29, 0.717) is 12.1 Å². The fourth-order valence-corrected chi connectivity index (χ4v) is 2.97. The van der Waals surface area contributed by atoms with Gasteiger partial charge in [0.2, 0.25) is 0 Å². The van der Waals surface area contributed by atoms with Crippen LogP contribution in [0.1, 0.15) is 27.3 Å². The van der Waals surface area contributed by atoms with Crippen molar-refractivity contribution in [1.82, 2.24) is 20.1 Å². The quantitative estimate of drug-likeness (QED) is 0.795. The van der Waals surface area contributed by atoms with Crippen LogP contribution in [0.5, 0.6) is 0 Å². The standard InChI is InChI=1S/C19H23N5O/c1-12-9-16(17-13(2)22-24(5)18(17)21-12)19(25)20-11-14-7-6-8-15(10-14)23(3)4/h6-10H,11H2,1-5H3,(H,20,25). The predicted molar refractivity (Wildman–Crippen MR) is 99.9 cm³/mol. The van der Waals surface area contributed by atoms with Gasteiger partial charge in [0.15, 0.2) is 5.65 Å². The Kier molecular flexibility index (Phi) is 4.44. The molecule has 0 fully saturated rings. The summed E-state index contributed by atoms with van der Waals surface area (Å²) in [6.45, 7) is 4.26. The van der Waals surface area contributed by atoms with E-state index in [0.717, 1.165) is 33.7 Å². The zero-order valence-electron chi connectivity index (χ0n) is 15.3. The molecule has 0 aliphatic carbocycles. The Morgan fingerprint density at radius 3 is 2.72 bits per heavy atom. The molecule has 2 aromatic heterocycles. The fourth-order valence-electron chi connectivity index (χ4n) is 2.97. The largest absolute Gasteiger partial charge is 0.378 e. The average Bonchev–Trinajstić information content (AvgIpc) is 2.86. The third kappa shape index (κ3) is 3.33. The lowest BCUT2D eigenvalue weighted by Crippen LogP contribution is -2.23. The summed E-state index contributed by atoms with van der Waals surface area (Å²) in [5.74, 6) is -0.109. The molecule has 2 heterocycles. The van der Waals surface area contributed by atoms with Crippen molar-refractivity contribution in [2.75, 3.05) is 19.0 Å². The molecule has 1 aromatic carbocycles. The van der Waals surface area contributed by atoms with Crippen LogP contribution in [0.2, 0.25) is 0 Å². The Morgan fingerprint density at radius 2 is 2.00 bits per heavy atom. The van der Waals surface area contributed by atoms with Gasteiger partial charge in [-0.05, 0) is 37.6 Å². The highest BCUT2D eigenvalue weighted by Gasteiger charge is 2.17. The number of amides is 1. The van der Waals surface area contributed by atoms with Crippen molar-refractivity contribution in [2.45, 2.75) is 20.4 Å². The summed E-state index contributed by atoms with van der Waals surface area (Å²) >= 11 is 0. The number of carbonyl (C=O) groups excluding carboxylic acids is 1. The van der Waals surface area contributed by atoms with Gasteiger partial charge in [-0.15, -0.1) is 0 Å². The van der Waals surface area contributed by atoms with Crippen molar-refractivity contribution >= 4 is 22.6 Å². The molecule has 0 spiro atoms. The first kappa shape index (κ1) is 17.0. The second-order valence-electron chi connectivity index (χ2n) is 6.47. The number of carbonyl (C=O) groups is 1. The van der Waals surface area contributed by atoms with E-state index in [4.69, 9.17) is 0 Å². The van der Waals surface area contributed by atoms with Crippen molar-refractivity contribution in [3.05, 3.63) is 52.8 Å².